The molecule has 0 unspecified atom stereocenters. The fourth-order valence-corrected chi connectivity index (χ4v) is 3.68. The van der Waals surface area contributed by atoms with Crippen LogP contribution in [0, 0.1) is 0 Å². The molecule has 0 radical (unpaired) electrons. The van der Waals surface area contributed by atoms with Crippen LogP contribution >= 0.6 is 11.3 Å². The zero-order valence-corrected chi connectivity index (χ0v) is 17.5. The van der Waals surface area contributed by atoms with Crippen molar-refractivity contribution in [3.8, 4) is 33.4 Å². The molecule has 0 fully saturated rings. The van der Waals surface area contributed by atoms with Crippen LogP contribution in [0.4, 0.5) is 0 Å². The van der Waals surface area contributed by atoms with Gasteiger partial charge in [-0.15, -0.1) is 11.3 Å². The number of ether oxygens (including phenoxy) is 4. The first-order valence-corrected chi connectivity index (χ1v) is 9.73. The highest BCUT2D eigenvalue weighted by Crippen LogP contribution is 2.38. The summed E-state index contributed by atoms with van der Waals surface area (Å²) in [4.78, 5) is 14.0. The highest BCUT2D eigenvalue weighted by atomic mass is 32.1. The average Bonchev–Trinajstić information content (AvgIpc) is 3.31. The van der Waals surface area contributed by atoms with Crippen molar-refractivity contribution in [1.29, 1.82) is 0 Å². The number of methoxy groups -OCH3 is 4. The molecule has 6 heteroatoms. The molecule has 0 aliphatic heterocycles. The number of hydrogen-bond donors (Lipinski definition) is 0. The molecule has 0 spiro atoms. The molecular weight excluding hydrogens is 388 g/mol. The Morgan fingerprint density at radius 2 is 1.55 bits per heavy atom. The zero-order chi connectivity index (χ0) is 20.8. The van der Waals surface area contributed by atoms with Crippen LogP contribution < -0.4 is 18.9 Å². The lowest BCUT2D eigenvalue weighted by molar-refractivity contribution is 0.104. The van der Waals surface area contributed by atoms with Gasteiger partial charge in [-0.05, 0) is 59.0 Å². The molecule has 3 rings (SSSR count). The minimum Gasteiger partial charge on any atom is -0.496 e. The minimum absolute atomic E-state index is 0.158. The van der Waals surface area contributed by atoms with Gasteiger partial charge in [0.15, 0.2) is 17.3 Å². The smallest absolute Gasteiger partial charge is 0.203 e. The number of benzene rings is 2. The molecule has 0 aliphatic carbocycles. The number of ketones is 1. The first kappa shape index (κ1) is 20.5. The van der Waals surface area contributed by atoms with Crippen LogP contribution in [0.1, 0.15) is 15.9 Å². The summed E-state index contributed by atoms with van der Waals surface area (Å²) in [5.41, 5.74) is 2.23. The highest BCUT2D eigenvalue weighted by molar-refractivity contribution is 7.13. The van der Waals surface area contributed by atoms with Gasteiger partial charge in [0.1, 0.15) is 5.75 Å². The fraction of sp³-hybridized carbons (Fsp3) is 0.174. The molecular formula is C23H22O5S. The van der Waals surface area contributed by atoms with E-state index in [0.717, 1.165) is 16.0 Å². The second-order valence-corrected chi connectivity index (χ2v) is 7.00. The van der Waals surface area contributed by atoms with Crippen LogP contribution in [-0.2, 0) is 0 Å². The van der Waals surface area contributed by atoms with Gasteiger partial charge < -0.3 is 18.9 Å². The van der Waals surface area contributed by atoms with Crippen molar-refractivity contribution >= 4 is 23.2 Å². The third kappa shape index (κ3) is 4.43. The summed E-state index contributed by atoms with van der Waals surface area (Å²) >= 11 is 1.62. The topological polar surface area (TPSA) is 54.0 Å². The molecule has 0 saturated heterocycles. The third-order valence-corrected chi connectivity index (χ3v) is 5.30. The molecule has 150 valence electrons. The van der Waals surface area contributed by atoms with Gasteiger partial charge in [-0.2, -0.15) is 0 Å². The van der Waals surface area contributed by atoms with E-state index in [1.165, 1.54) is 6.08 Å². The predicted molar refractivity (Wildman–Crippen MR) is 116 cm³/mol. The van der Waals surface area contributed by atoms with E-state index >= 15 is 0 Å². The molecule has 2 aromatic carbocycles. The van der Waals surface area contributed by atoms with E-state index in [1.807, 2.05) is 35.7 Å². The van der Waals surface area contributed by atoms with Crippen LogP contribution in [0.25, 0.3) is 16.5 Å². The molecule has 0 atom stereocenters. The number of allylic oxidation sites excluding steroid dienone is 1. The van der Waals surface area contributed by atoms with Crippen molar-refractivity contribution in [1.82, 2.24) is 0 Å². The monoisotopic (exact) mass is 410 g/mol. The maximum absolute atomic E-state index is 12.9. The van der Waals surface area contributed by atoms with Crippen LogP contribution in [0.15, 0.2) is 53.9 Å². The summed E-state index contributed by atoms with van der Waals surface area (Å²) in [6.07, 6.45) is 3.22. The lowest BCUT2D eigenvalue weighted by Gasteiger charge is -2.12. The number of hydrogen-bond acceptors (Lipinski definition) is 6. The van der Waals surface area contributed by atoms with Crippen molar-refractivity contribution in [2.75, 3.05) is 28.4 Å². The molecule has 0 aliphatic rings. The molecule has 3 aromatic rings. The van der Waals surface area contributed by atoms with Gasteiger partial charge in [-0.25, -0.2) is 0 Å². The average molecular weight is 410 g/mol. The Balaban J connectivity index is 1.94. The van der Waals surface area contributed by atoms with Crippen molar-refractivity contribution in [3.05, 3.63) is 65.0 Å². The van der Waals surface area contributed by atoms with E-state index in [4.69, 9.17) is 18.9 Å². The molecule has 1 heterocycles. The second-order valence-electron chi connectivity index (χ2n) is 6.05. The SMILES string of the molecule is COc1ccc(-c2cccs2)cc1C(=O)C=Cc1cc(OC)c(OC)c(OC)c1. The largest absolute Gasteiger partial charge is 0.496 e. The first-order chi connectivity index (χ1) is 14.1. The predicted octanol–water partition coefficient (Wildman–Crippen LogP) is 5.35. The summed E-state index contributed by atoms with van der Waals surface area (Å²) in [6, 6.07) is 13.2. The van der Waals surface area contributed by atoms with Crippen molar-refractivity contribution < 1.29 is 23.7 Å². The molecule has 0 saturated carbocycles. The Hall–Kier alpha value is -3.25. The highest BCUT2D eigenvalue weighted by Gasteiger charge is 2.14. The molecule has 0 amide bonds. The lowest BCUT2D eigenvalue weighted by Crippen LogP contribution is -1.99. The van der Waals surface area contributed by atoms with E-state index in [2.05, 4.69) is 0 Å². The van der Waals surface area contributed by atoms with Gasteiger partial charge in [0.2, 0.25) is 5.75 Å². The summed E-state index contributed by atoms with van der Waals surface area (Å²) in [5, 5.41) is 2.01. The summed E-state index contributed by atoms with van der Waals surface area (Å²) < 4.78 is 21.4. The van der Waals surface area contributed by atoms with Gasteiger partial charge in [-0.1, -0.05) is 12.1 Å². The Bertz CT molecular complexity index is 997. The van der Waals surface area contributed by atoms with Gasteiger partial charge in [0.25, 0.3) is 0 Å². The second kappa shape index (κ2) is 9.30. The maximum atomic E-state index is 12.9. The van der Waals surface area contributed by atoms with Crippen LogP contribution in [-0.4, -0.2) is 34.2 Å². The molecule has 0 bridgehead atoms. The van der Waals surface area contributed by atoms with E-state index < -0.39 is 0 Å². The van der Waals surface area contributed by atoms with Gasteiger partial charge in [0, 0.05) is 4.88 Å². The molecule has 0 N–H and O–H groups in total. The van der Waals surface area contributed by atoms with Gasteiger partial charge in [-0.3, -0.25) is 4.79 Å². The fourth-order valence-electron chi connectivity index (χ4n) is 2.96. The van der Waals surface area contributed by atoms with Crippen LogP contribution in [0.5, 0.6) is 23.0 Å². The summed E-state index contributed by atoms with van der Waals surface area (Å²) in [5.74, 6) is 1.93. The Morgan fingerprint density at radius 1 is 0.862 bits per heavy atom. The summed E-state index contributed by atoms with van der Waals surface area (Å²) in [6.45, 7) is 0. The molecule has 1 aromatic heterocycles. The van der Waals surface area contributed by atoms with Crippen molar-refractivity contribution in [2.24, 2.45) is 0 Å². The quantitative estimate of drug-likeness (QED) is 0.370. The summed E-state index contributed by atoms with van der Waals surface area (Å²) in [7, 11) is 6.21. The van der Waals surface area contributed by atoms with Crippen molar-refractivity contribution in [2.45, 2.75) is 0 Å². The third-order valence-electron chi connectivity index (χ3n) is 4.38. The van der Waals surface area contributed by atoms with E-state index in [-0.39, 0.29) is 5.78 Å². The van der Waals surface area contributed by atoms with Gasteiger partial charge in [0.05, 0.1) is 34.0 Å². The van der Waals surface area contributed by atoms with Crippen LogP contribution in [0.3, 0.4) is 0 Å². The van der Waals surface area contributed by atoms with Crippen LogP contribution in [0.2, 0.25) is 0 Å². The van der Waals surface area contributed by atoms with E-state index in [9.17, 15) is 4.79 Å². The number of carbonyl (C=O) groups is 1. The number of thiophene rings is 1. The number of carbonyl (C=O) groups excluding carboxylic acids is 1. The number of rotatable bonds is 8. The Morgan fingerprint density at radius 3 is 2.10 bits per heavy atom. The Labute approximate surface area is 174 Å². The molecule has 5 nitrogen and oxygen atoms in total. The first-order valence-electron chi connectivity index (χ1n) is 8.85. The lowest BCUT2D eigenvalue weighted by atomic mass is 10.0. The Kier molecular flexibility index (Phi) is 6.57. The molecule has 29 heavy (non-hydrogen) atoms. The zero-order valence-electron chi connectivity index (χ0n) is 16.7. The maximum Gasteiger partial charge on any atom is 0.203 e. The standard InChI is InChI=1S/C23H22O5S/c1-25-19-10-8-16(22-6-5-11-29-22)14-17(19)18(24)9-7-15-12-20(26-2)23(28-4)21(13-15)27-3/h5-14H,1-4H3. The van der Waals surface area contributed by atoms with Gasteiger partial charge >= 0.3 is 0 Å². The normalized spacial score (nSPS) is 10.8. The minimum atomic E-state index is -0.158. The van der Waals surface area contributed by atoms with E-state index in [0.29, 0.717) is 28.6 Å². The van der Waals surface area contributed by atoms with Crippen molar-refractivity contribution in [3.63, 3.8) is 0 Å². The van der Waals surface area contributed by atoms with E-state index in [1.54, 1.807) is 58.0 Å².